The number of carboxylic acid groups (broad SMARTS) is 1. The maximum Gasteiger partial charge on any atom is 0.303 e. The van der Waals surface area contributed by atoms with E-state index in [0.29, 0.717) is 12.2 Å². The van der Waals surface area contributed by atoms with Crippen LogP contribution in [0.3, 0.4) is 0 Å². The van der Waals surface area contributed by atoms with Gasteiger partial charge in [-0.05, 0) is 17.2 Å². The summed E-state index contributed by atoms with van der Waals surface area (Å²) in [5.41, 5.74) is 0. The Kier molecular flexibility index (Phi) is 5.42. The van der Waals surface area contributed by atoms with Crippen LogP contribution in [0.1, 0.15) is 12.8 Å². The standard InChI is InChI=1S/C4H8O4S2/c5-4(6)2-1-3-9-10(7)8/h10H,1-3H2,(H,5,6). The van der Waals surface area contributed by atoms with E-state index in [2.05, 4.69) is 0 Å². The number of rotatable bonds is 5. The molecular formula is C4H8O4S2. The Morgan fingerprint density at radius 1 is 1.50 bits per heavy atom. The fraction of sp³-hybridized carbons (Fsp3) is 0.750. The van der Waals surface area contributed by atoms with Gasteiger partial charge in [-0.15, -0.1) is 0 Å². The van der Waals surface area contributed by atoms with Crippen molar-refractivity contribution in [3.05, 3.63) is 0 Å². The molecular weight excluding hydrogens is 176 g/mol. The van der Waals surface area contributed by atoms with Crippen molar-refractivity contribution >= 4 is 26.5 Å². The zero-order valence-corrected chi connectivity index (χ0v) is 6.86. The summed E-state index contributed by atoms with van der Waals surface area (Å²) in [7, 11) is -1.64. The highest BCUT2D eigenvalue weighted by atomic mass is 33.1. The third-order valence-corrected chi connectivity index (χ3v) is 2.59. The van der Waals surface area contributed by atoms with E-state index in [1.165, 1.54) is 0 Å². The van der Waals surface area contributed by atoms with Crippen LogP contribution in [-0.4, -0.2) is 25.2 Å². The molecule has 10 heavy (non-hydrogen) atoms. The molecule has 0 aliphatic carbocycles. The van der Waals surface area contributed by atoms with Gasteiger partial charge in [-0.1, -0.05) is 0 Å². The van der Waals surface area contributed by atoms with E-state index in [-0.39, 0.29) is 6.42 Å². The van der Waals surface area contributed by atoms with Gasteiger partial charge in [0.15, 0.2) is 9.74 Å². The lowest BCUT2D eigenvalue weighted by Crippen LogP contribution is -1.94. The van der Waals surface area contributed by atoms with E-state index in [0.717, 1.165) is 10.8 Å². The van der Waals surface area contributed by atoms with Crippen molar-refractivity contribution in [3.8, 4) is 0 Å². The molecule has 0 aromatic heterocycles. The molecule has 0 saturated carbocycles. The van der Waals surface area contributed by atoms with Crippen LogP contribution in [0.15, 0.2) is 0 Å². The quantitative estimate of drug-likeness (QED) is 0.360. The van der Waals surface area contributed by atoms with Gasteiger partial charge in [0, 0.05) is 12.2 Å². The van der Waals surface area contributed by atoms with Crippen LogP contribution in [0.5, 0.6) is 0 Å². The summed E-state index contributed by atoms with van der Waals surface area (Å²) in [5.74, 6) is -0.521. The van der Waals surface area contributed by atoms with Crippen LogP contribution in [0.2, 0.25) is 0 Å². The van der Waals surface area contributed by atoms with Crippen molar-refractivity contribution in [3.63, 3.8) is 0 Å². The van der Waals surface area contributed by atoms with Gasteiger partial charge in [-0.3, -0.25) is 4.79 Å². The fourth-order valence-electron chi connectivity index (χ4n) is 0.362. The Morgan fingerprint density at radius 3 is 2.50 bits per heavy atom. The van der Waals surface area contributed by atoms with E-state index in [9.17, 15) is 13.2 Å². The monoisotopic (exact) mass is 184 g/mol. The van der Waals surface area contributed by atoms with Gasteiger partial charge in [0.1, 0.15) is 0 Å². The second-order valence-corrected chi connectivity index (χ2v) is 4.34. The maximum atomic E-state index is 9.90. The highest BCUT2D eigenvalue weighted by Gasteiger charge is 1.96. The molecule has 0 fully saturated rings. The zero-order chi connectivity index (χ0) is 7.98. The van der Waals surface area contributed by atoms with Crippen molar-refractivity contribution in [2.75, 3.05) is 5.75 Å². The fourth-order valence-corrected chi connectivity index (χ4v) is 1.62. The number of aliphatic carboxylic acids is 1. The molecule has 0 aromatic carbocycles. The van der Waals surface area contributed by atoms with Gasteiger partial charge in [-0.2, -0.15) is 0 Å². The molecule has 1 N–H and O–H groups in total. The van der Waals surface area contributed by atoms with Crippen LogP contribution < -0.4 is 0 Å². The predicted octanol–water partition coefficient (Wildman–Crippen LogP) is 0.111. The number of carboxylic acids is 1. The molecule has 0 aliphatic heterocycles. The molecule has 0 atom stereocenters. The van der Waals surface area contributed by atoms with Crippen molar-refractivity contribution in [2.24, 2.45) is 0 Å². The molecule has 6 heteroatoms. The van der Waals surface area contributed by atoms with E-state index in [1.54, 1.807) is 0 Å². The van der Waals surface area contributed by atoms with Gasteiger partial charge in [0.05, 0.1) is 0 Å². The number of carbonyl (C=O) groups is 1. The average molecular weight is 184 g/mol. The maximum absolute atomic E-state index is 9.90. The van der Waals surface area contributed by atoms with Gasteiger partial charge >= 0.3 is 5.97 Å². The summed E-state index contributed by atoms with van der Waals surface area (Å²) in [6.07, 6.45) is 0.444. The van der Waals surface area contributed by atoms with Crippen LogP contribution >= 0.6 is 10.8 Å². The minimum absolute atomic E-state index is 0.0379. The molecule has 0 bridgehead atoms. The second-order valence-electron chi connectivity index (χ2n) is 1.55. The van der Waals surface area contributed by atoms with Crippen molar-refractivity contribution in [2.45, 2.75) is 12.8 Å². The Labute approximate surface area is 64.0 Å². The van der Waals surface area contributed by atoms with E-state index in [1.807, 2.05) is 0 Å². The van der Waals surface area contributed by atoms with Gasteiger partial charge in [-0.25, -0.2) is 8.42 Å². The van der Waals surface area contributed by atoms with Gasteiger partial charge in [0.2, 0.25) is 0 Å². The van der Waals surface area contributed by atoms with Gasteiger partial charge in [0.25, 0.3) is 0 Å². The van der Waals surface area contributed by atoms with Crippen LogP contribution in [0, 0.1) is 0 Å². The Balaban J connectivity index is 3.13. The number of thiol groups is 1. The largest absolute Gasteiger partial charge is 0.481 e. The topological polar surface area (TPSA) is 71.4 Å². The first-order valence-electron chi connectivity index (χ1n) is 2.62. The van der Waals surface area contributed by atoms with Crippen molar-refractivity contribution < 1.29 is 18.3 Å². The molecule has 0 saturated heterocycles. The SMILES string of the molecule is O=C(O)CCCS[SH](=O)=O. The molecule has 0 amide bonds. The lowest BCUT2D eigenvalue weighted by molar-refractivity contribution is -0.137. The molecule has 0 spiro atoms. The van der Waals surface area contributed by atoms with E-state index >= 15 is 0 Å². The van der Waals surface area contributed by atoms with E-state index in [4.69, 9.17) is 5.11 Å². The molecule has 0 rings (SSSR count). The molecule has 4 nitrogen and oxygen atoms in total. The third kappa shape index (κ3) is 7.77. The molecule has 0 aliphatic rings. The number of hydrogen-bond donors (Lipinski definition) is 2. The minimum Gasteiger partial charge on any atom is -0.481 e. The zero-order valence-electron chi connectivity index (χ0n) is 5.15. The lowest BCUT2D eigenvalue weighted by atomic mass is 10.3. The predicted molar refractivity (Wildman–Crippen MR) is 39.6 cm³/mol. The van der Waals surface area contributed by atoms with E-state index < -0.39 is 15.7 Å². The Morgan fingerprint density at radius 2 is 2.10 bits per heavy atom. The molecule has 0 unspecified atom stereocenters. The summed E-state index contributed by atoms with van der Waals surface area (Å²) in [4.78, 5) is 9.88. The van der Waals surface area contributed by atoms with Gasteiger partial charge < -0.3 is 5.11 Å². The van der Waals surface area contributed by atoms with Crippen molar-refractivity contribution in [1.82, 2.24) is 0 Å². The summed E-state index contributed by atoms with van der Waals surface area (Å²) in [5, 5.41) is 8.12. The van der Waals surface area contributed by atoms with Crippen molar-refractivity contribution in [1.29, 1.82) is 0 Å². The summed E-state index contributed by atoms with van der Waals surface area (Å²) >= 11 is 0. The highest BCUT2D eigenvalue weighted by Crippen LogP contribution is 2.03. The van der Waals surface area contributed by atoms with Crippen LogP contribution in [-0.2, 0) is 14.5 Å². The highest BCUT2D eigenvalue weighted by molar-refractivity contribution is 8.64. The normalized spacial score (nSPS) is 10.1. The molecule has 0 heterocycles. The molecule has 0 aromatic rings. The Bertz CT molecular complexity index is 166. The average Bonchev–Trinajstić information content (AvgIpc) is 1.79. The minimum atomic E-state index is -2.41. The number of hydrogen-bond acceptors (Lipinski definition) is 4. The smallest absolute Gasteiger partial charge is 0.303 e. The lowest BCUT2D eigenvalue weighted by Gasteiger charge is -1.89. The van der Waals surface area contributed by atoms with Crippen LogP contribution in [0.4, 0.5) is 0 Å². The summed E-state index contributed by atoms with van der Waals surface area (Å²) < 4.78 is 19.8. The summed E-state index contributed by atoms with van der Waals surface area (Å²) in [6, 6.07) is 0. The third-order valence-electron chi connectivity index (χ3n) is 0.732. The Hall–Kier alpha value is -0.230. The summed E-state index contributed by atoms with van der Waals surface area (Å²) in [6.45, 7) is 0. The second kappa shape index (κ2) is 5.55. The first-order valence-corrected chi connectivity index (χ1v) is 5.39. The van der Waals surface area contributed by atoms with Crippen LogP contribution in [0.25, 0.3) is 0 Å². The first-order chi connectivity index (χ1) is 4.63. The molecule has 0 radical (unpaired) electrons. The first kappa shape index (κ1) is 9.77. The molecule has 60 valence electrons.